The van der Waals surface area contributed by atoms with Gasteiger partial charge in [0, 0.05) is 16.8 Å². The average Bonchev–Trinajstić information content (AvgIpc) is 2.20. The van der Waals surface area contributed by atoms with Crippen LogP contribution < -0.4 is 5.56 Å². The van der Waals surface area contributed by atoms with E-state index < -0.39 is 0 Å². The molecule has 82 valence electrons. The largest absolute Gasteiger partial charge is 0.326 e. The Hall–Kier alpha value is -1.25. The van der Waals surface area contributed by atoms with Crippen LogP contribution in [0.15, 0.2) is 35.1 Å². The number of nitrogens with one attached hydrogen (secondary N) is 1. The minimum atomic E-state index is -0.185. The molecule has 2 nitrogen and oxygen atoms in total. The lowest BCUT2D eigenvalue weighted by Crippen LogP contribution is -2.09. The van der Waals surface area contributed by atoms with Gasteiger partial charge in [0.15, 0.2) is 0 Å². The first-order valence-corrected chi connectivity index (χ1v) is 5.49. The Balaban J connectivity index is 2.73. The van der Waals surface area contributed by atoms with E-state index in [0.29, 0.717) is 21.2 Å². The molecule has 0 unspecified atom stereocenters. The van der Waals surface area contributed by atoms with E-state index in [-0.39, 0.29) is 5.56 Å². The van der Waals surface area contributed by atoms with Crippen LogP contribution in [0.1, 0.15) is 5.69 Å². The van der Waals surface area contributed by atoms with E-state index in [9.17, 15) is 4.79 Å². The summed E-state index contributed by atoms with van der Waals surface area (Å²) in [4.78, 5) is 14.5. The zero-order chi connectivity index (χ0) is 11.7. The Morgan fingerprint density at radius 2 is 1.69 bits per heavy atom. The Bertz CT molecular complexity index is 570. The number of hydrogen-bond donors (Lipinski definition) is 1. The first-order valence-electron chi connectivity index (χ1n) is 4.74. The summed E-state index contributed by atoms with van der Waals surface area (Å²) in [6.45, 7) is 1.82. The highest BCUT2D eigenvalue weighted by molar-refractivity contribution is 6.39. The van der Waals surface area contributed by atoms with Crippen LogP contribution in [0.5, 0.6) is 0 Å². The van der Waals surface area contributed by atoms with Crippen molar-refractivity contribution in [1.82, 2.24) is 4.98 Å². The van der Waals surface area contributed by atoms with Crippen molar-refractivity contribution in [3.05, 3.63) is 56.4 Å². The molecule has 0 atom stereocenters. The average molecular weight is 254 g/mol. The van der Waals surface area contributed by atoms with Crippen LogP contribution in [-0.2, 0) is 0 Å². The van der Waals surface area contributed by atoms with Gasteiger partial charge in [0.1, 0.15) is 0 Å². The number of aromatic nitrogens is 1. The Morgan fingerprint density at radius 3 is 2.25 bits per heavy atom. The third kappa shape index (κ3) is 1.99. The van der Waals surface area contributed by atoms with E-state index in [1.54, 1.807) is 24.3 Å². The fraction of sp³-hybridized carbons (Fsp3) is 0.0833. The molecule has 1 heterocycles. The summed E-state index contributed by atoms with van der Waals surface area (Å²) < 4.78 is 0. The van der Waals surface area contributed by atoms with Crippen molar-refractivity contribution < 1.29 is 0 Å². The van der Waals surface area contributed by atoms with Crippen molar-refractivity contribution in [1.29, 1.82) is 0 Å². The maximum atomic E-state index is 11.8. The smallest absolute Gasteiger partial charge is 0.256 e. The first-order chi connectivity index (χ1) is 7.59. The van der Waals surface area contributed by atoms with Gasteiger partial charge in [0.2, 0.25) is 0 Å². The lowest BCUT2D eigenvalue weighted by molar-refractivity contribution is 1.15. The molecule has 1 aromatic carbocycles. The van der Waals surface area contributed by atoms with Crippen LogP contribution in [0.2, 0.25) is 10.0 Å². The van der Waals surface area contributed by atoms with Gasteiger partial charge in [-0.15, -0.1) is 0 Å². The fourth-order valence-electron chi connectivity index (χ4n) is 1.52. The second kappa shape index (κ2) is 4.32. The SMILES string of the molecule is Cc1ccc(-c2c(Cl)cccc2Cl)c(=O)[nH]1. The standard InChI is InChI=1S/C12H9Cl2NO/c1-7-5-6-8(12(16)15-7)11-9(13)3-2-4-10(11)14/h2-6H,1H3,(H,15,16). The van der Waals surface area contributed by atoms with E-state index in [4.69, 9.17) is 23.2 Å². The normalized spacial score (nSPS) is 10.4. The molecule has 0 aliphatic carbocycles. The molecule has 0 bridgehead atoms. The minimum Gasteiger partial charge on any atom is -0.326 e. The number of rotatable bonds is 1. The van der Waals surface area contributed by atoms with Crippen molar-refractivity contribution in [3.63, 3.8) is 0 Å². The zero-order valence-electron chi connectivity index (χ0n) is 8.55. The minimum absolute atomic E-state index is 0.185. The third-order valence-corrected chi connectivity index (χ3v) is 2.92. The van der Waals surface area contributed by atoms with Gasteiger partial charge in [-0.05, 0) is 31.2 Å². The van der Waals surface area contributed by atoms with Gasteiger partial charge in [-0.2, -0.15) is 0 Å². The van der Waals surface area contributed by atoms with E-state index in [1.165, 1.54) is 0 Å². The number of aryl methyl sites for hydroxylation is 1. The molecule has 0 aliphatic rings. The number of halogens is 2. The van der Waals surface area contributed by atoms with Gasteiger partial charge in [-0.1, -0.05) is 29.3 Å². The van der Waals surface area contributed by atoms with Gasteiger partial charge in [0.25, 0.3) is 5.56 Å². The van der Waals surface area contributed by atoms with E-state index in [2.05, 4.69) is 4.98 Å². The van der Waals surface area contributed by atoms with Crippen LogP contribution >= 0.6 is 23.2 Å². The zero-order valence-corrected chi connectivity index (χ0v) is 10.1. The van der Waals surface area contributed by atoms with E-state index >= 15 is 0 Å². The van der Waals surface area contributed by atoms with Crippen molar-refractivity contribution in [2.24, 2.45) is 0 Å². The number of H-pyrrole nitrogens is 1. The molecule has 1 N–H and O–H groups in total. The maximum Gasteiger partial charge on any atom is 0.256 e. The van der Waals surface area contributed by atoms with E-state index in [0.717, 1.165) is 5.69 Å². The molecule has 0 radical (unpaired) electrons. The Kier molecular flexibility index (Phi) is 3.03. The summed E-state index contributed by atoms with van der Waals surface area (Å²) in [5.41, 5.74) is 1.68. The quantitative estimate of drug-likeness (QED) is 0.827. The molecule has 4 heteroatoms. The Labute approximate surface area is 103 Å². The number of pyridine rings is 1. The molecule has 0 amide bonds. The predicted molar refractivity (Wildman–Crippen MR) is 67.3 cm³/mol. The second-order valence-electron chi connectivity index (χ2n) is 3.48. The van der Waals surface area contributed by atoms with Crippen molar-refractivity contribution in [3.8, 4) is 11.1 Å². The maximum absolute atomic E-state index is 11.8. The van der Waals surface area contributed by atoms with Crippen molar-refractivity contribution >= 4 is 23.2 Å². The lowest BCUT2D eigenvalue weighted by Gasteiger charge is -2.06. The van der Waals surface area contributed by atoms with Crippen molar-refractivity contribution in [2.75, 3.05) is 0 Å². The summed E-state index contributed by atoms with van der Waals surface area (Å²) in [5.74, 6) is 0. The molecule has 0 saturated carbocycles. The third-order valence-electron chi connectivity index (χ3n) is 2.29. The molecule has 0 aliphatic heterocycles. The monoisotopic (exact) mass is 253 g/mol. The first kappa shape index (κ1) is 11.2. The number of aromatic amines is 1. The molecule has 2 rings (SSSR count). The van der Waals surface area contributed by atoms with E-state index in [1.807, 2.05) is 13.0 Å². The summed E-state index contributed by atoms with van der Waals surface area (Å²) in [7, 11) is 0. The van der Waals surface area contributed by atoms with Crippen LogP contribution in [-0.4, -0.2) is 4.98 Å². The second-order valence-corrected chi connectivity index (χ2v) is 4.30. The highest BCUT2D eigenvalue weighted by Crippen LogP contribution is 2.32. The Morgan fingerprint density at radius 1 is 1.06 bits per heavy atom. The molecule has 1 aromatic heterocycles. The fourth-order valence-corrected chi connectivity index (χ4v) is 2.13. The molecule has 0 saturated heterocycles. The van der Waals surface area contributed by atoms with Crippen molar-refractivity contribution in [2.45, 2.75) is 6.92 Å². The molecule has 0 spiro atoms. The summed E-state index contributed by atoms with van der Waals surface area (Å²) in [6, 6.07) is 8.71. The van der Waals surface area contributed by atoms with Crippen LogP contribution in [0.3, 0.4) is 0 Å². The van der Waals surface area contributed by atoms with Gasteiger partial charge < -0.3 is 4.98 Å². The highest BCUT2D eigenvalue weighted by atomic mass is 35.5. The van der Waals surface area contributed by atoms with Crippen LogP contribution in [0, 0.1) is 6.92 Å². The van der Waals surface area contributed by atoms with Gasteiger partial charge >= 0.3 is 0 Å². The lowest BCUT2D eigenvalue weighted by atomic mass is 10.1. The van der Waals surface area contributed by atoms with Gasteiger partial charge in [-0.3, -0.25) is 4.79 Å². The molecule has 16 heavy (non-hydrogen) atoms. The summed E-state index contributed by atoms with van der Waals surface area (Å²) in [6.07, 6.45) is 0. The number of benzene rings is 1. The van der Waals surface area contributed by atoms with Crippen LogP contribution in [0.4, 0.5) is 0 Å². The predicted octanol–water partition coefficient (Wildman–Crippen LogP) is 3.66. The summed E-state index contributed by atoms with van der Waals surface area (Å²) in [5, 5.41) is 0.948. The number of hydrogen-bond acceptors (Lipinski definition) is 1. The molecular weight excluding hydrogens is 245 g/mol. The van der Waals surface area contributed by atoms with Crippen LogP contribution in [0.25, 0.3) is 11.1 Å². The molecule has 0 fully saturated rings. The summed E-state index contributed by atoms with van der Waals surface area (Å²) >= 11 is 12.1. The van der Waals surface area contributed by atoms with Gasteiger partial charge in [0.05, 0.1) is 10.0 Å². The highest BCUT2D eigenvalue weighted by Gasteiger charge is 2.11. The molecular formula is C12H9Cl2NO. The molecule has 2 aromatic rings. The van der Waals surface area contributed by atoms with Gasteiger partial charge in [-0.25, -0.2) is 0 Å². The topological polar surface area (TPSA) is 32.9 Å².